The molecule has 0 bridgehead atoms. The van der Waals surface area contributed by atoms with Crippen molar-refractivity contribution >= 4 is 33.2 Å². The molecular formula is C18H23ClN4O3S. The van der Waals surface area contributed by atoms with E-state index < -0.39 is 10.0 Å². The molecule has 146 valence electrons. The maximum Gasteiger partial charge on any atom is 0.246 e. The number of hydrogen-bond donors (Lipinski definition) is 1. The molecule has 1 aliphatic heterocycles. The van der Waals surface area contributed by atoms with Gasteiger partial charge in [-0.2, -0.15) is 9.40 Å². The van der Waals surface area contributed by atoms with Gasteiger partial charge in [0.05, 0.1) is 11.4 Å². The molecule has 0 atom stereocenters. The number of halogens is 1. The summed E-state index contributed by atoms with van der Waals surface area (Å²) in [5.41, 5.74) is 1.46. The van der Waals surface area contributed by atoms with E-state index in [9.17, 15) is 13.2 Å². The summed E-state index contributed by atoms with van der Waals surface area (Å²) >= 11 is 5.92. The third-order valence-electron chi connectivity index (χ3n) is 4.63. The fraction of sp³-hybridized carbons (Fsp3) is 0.444. The molecule has 9 heteroatoms. The SMILES string of the molecule is Cc1nn(CC(=O)Nc2cccc(Cl)c2)c(C)c1S(=O)(=O)N1CCCCC1. The minimum atomic E-state index is -3.60. The first-order valence-electron chi connectivity index (χ1n) is 8.88. The number of aromatic nitrogens is 2. The standard InChI is InChI=1S/C18H23ClN4O3S/c1-13-18(27(25,26)22-9-4-3-5-10-22)14(2)23(21-13)12-17(24)20-16-8-6-7-15(19)11-16/h6-8,11H,3-5,9-10,12H2,1-2H3,(H,20,24). The van der Waals surface area contributed by atoms with E-state index in [-0.39, 0.29) is 17.3 Å². The number of piperidine rings is 1. The molecule has 1 amide bonds. The molecular weight excluding hydrogens is 388 g/mol. The first kappa shape index (κ1) is 19.9. The van der Waals surface area contributed by atoms with E-state index >= 15 is 0 Å². The highest BCUT2D eigenvalue weighted by Crippen LogP contribution is 2.26. The first-order valence-corrected chi connectivity index (χ1v) is 10.7. The molecule has 3 rings (SSSR count). The van der Waals surface area contributed by atoms with Crippen molar-refractivity contribution in [1.29, 1.82) is 0 Å². The molecule has 1 aliphatic rings. The molecule has 1 N–H and O–H groups in total. The van der Waals surface area contributed by atoms with Crippen LogP contribution in [0, 0.1) is 13.8 Å². The van der Waals surface area contributed by atoms with E-state index in [1.54, 1.807) is 38.1 Å². The fourth-order valence-electron chi connectivity index (χ4n) is 3.34. The number of hydrogen-bond acceptors (Lipinski definition) is 4. The van der Waals surface area contributed by atoms with Crippen LogP contribution in [0.3, 0.4) is 0 Å². The Bertz CT molecular complexity index is 950. The van der Waals surface area contributed by atoms with Crippen LogP contribution in [-0.2, 0) is 21.4 Å². The molecule has 27 heavy (non-hydrogen) atoms. The second-order valence-corrected chi connectivity index (χ2v) is 8.99. The summed E-state index contributed by atoms with van der Waals surface area (Å²) in [6.45, 7) is 4.33. The summed E-state index contributed by atoms with van der Waals surface area (Å²) in [7, 11) is -3.60. The third-order valence-corrected chi connectivity index (χ3v) is 7.02. The van der Waals surface area contributed by atoms with Gasteiger partial charge in [-0.3, -0.25) is 9.48 Å². The van der Waals surface area contributed by atoms with E-state index in [4.69, 9.17) is 11.6 Å². The van der Waals surface area contributed by atoms with Crippen LogP contribution in [0.15, 0.2) is 29.2 Å². The van der Waals surface area contributed by atoms with Crippen molar-refractivity contribution in [3.63, 3.8) is 0 Å². The van der Waals surface area contributed by atoms with Crippen LogP contribution in [0.4, 0.5) is 5.69 Å². The number of carbonyl (C=O) groups excluding carboxylic acids is 1. The van der Waals surface area contributed by atoms with Gasteiger partial charge in [-0.1, -0.05) is 24.1 Å². The van der Waals surface area contributed by atoms with Gasteiger partial charge in [0, 0.05) is 23.8 Å². The predicted octanol–water partition coefficient (Wildman–Crippen LogP) is 2.97. The van der Waals surface area contributed by atoms with Gasteiger partial charge in [-0.15, -0.1) is 0 Å². The smallest absolute Gasteiger partial charge is 0.246 e. The average molecular weight is 411 g/mol. The maximum atomic E-state index is 13.0. The first-order chi connectivity index (χ1) is 12.8. The number of nitrogens with zero attached hydrogens (tertiary/aromatic N) is 3. The van der Waals surface area contributed by atoms with Gasteiger partial charge in [0.25, 0.3) is 0 Å². The normalized spacial score (nSPS) is 15.7. The lowest BCUT2D eigenvalue weighted by Gasteiger charge is -2.25. The van der Waals surface area contributed by atoms with Gasteiger partial charge >= 0.3 is 0 Å². The predicted molar refractivity (Wildman–Crippen MR) is 104 cm³/mol. The van der Waals surface area contributed by atoms with Crippen LogP contribution >= 0.6 is 11.6 Å². The molecule has 0 aliphatic carbocycles. The molecule has 1 aromatic carbocycles. The zero-order chi connectivity index (χ0) is 19.6. The molecule has 0 saturated carbocycles. The number of sulfonamides is 1. The van der Waals surface area contributed by atoms with Gasteiger partial charge in [-0.05, 0) is 44.9 Å². The van der Waals surface area contributed by atoms with Gasteiger partial charge in [-0.25, -0.2) is 8.42 Å². The third kappa shape index (κ3) is 4.34. The molecule has 2 aromatic rings. The Kier molecular flexibility index (Phi) is 5.88. The van der Waals surface area contributed by atoms with Crippen LogP contribution in [0.5, 0.6) is 0 Å². The topological polar surface area (TPSA) is 84.3 Å². The number of anilines is 1. The Morgan fingerprint density at radius 3 is 2.59 bits per heavy atom. The quantitative estimate of drug-likeness (QED) is 0.821. The average Bonchev–Trinajstić information content (AvgIpc) is 2.89. The van der Waals surface area contributed by atoms with Gasteiger partial charge < -0.3 is 5.32 Å². The minimum Gasteiger partial charge on any atom is -0.324 e. The number of benzene rings is 1. The molecule has 1 saturated heterocycles. The lowest BCUT2D eigenvalue weighted by molar-refractivity contribution is -0.116. The monoisotopic (exact) mass is 410 g/mol. The largest absolute Gasteiger partial charge is 0.324 e. The van der Waals surface area contributed by atoms with Crippen LogP contribution < -0.4 is 5.32 Å². The van der Waals surface area contributed by atoms with Crippen molar-refractivity contribution < 1.29 is 13.2 Å². The van der Waals surface area contributed by atoms with Crippen LogP contribution in [0.1, 0.15) is 30.7 Å². The molecule has 0 spiro atoms. The second-order valence-electron chi connectivity index (χ2n) is 6.68. The lowest BCUT2D eigenvalue weighted by atomic mass is 10.2. The van der Waals surface area contributed by atoms with Gasteiger partial charge in [0.1, 0.15) is 11.4 Å². The van der Waals surface area contributed by atoms with Crippen molar-refractivity contribution in [3.8, 4) is 0 Å². The maximum absolute atomic E-state index is 13.0. The summed E-state index contributed by atoms with van der Waals surface area (Å²) in [6.07, 6.45) is 2.79. The Morgan fingerprint density at radius 2 is 1.93 bits per heavy atom. The molecule has 1 aromatic heterocycles. The van der Waals surface area contributed by atoms with Crippen molar-refractivity contribution in [2.75, 3.05) is 18.4 Å². The van der Waals surface area contributed by atoms with Gasteiger partial charge in [0.2, 0.25) is 15.9 Å². The number of carbonyl (C=O) groups is 1. The number of aryl methyl sites for hydroxylation is 1. The van der Waals surface area contributed by atoms with E-state index in [2.05, 4.69) is 10.4 Å². The summed E-state index contributed by atoms with van der Waals surface area (Å²) in [4.78, 5) is 12.6. The Balaban J connectivity index is 1.80. The fourth-order valence-corrected chi connectivity index (χ4v) is 5.43. The molecule has 0 radical (unpaired) electrons. The zero-order valence-electron chi connectivity index (χ0n) is 15.4. The van der Waals surface area contributed by atoms with E-state index in [0.29, 0.717) is 35.2 Å². The lowest BCUT2D eigenvalue weighted by Crippen LogP contribution is -2.36. The number of nitrogens with one attached hydrogen (secondary N) is 1. The van der Waals surface area contributed by atoms with Gasteiger partial charge in [0.15, 0.2) is 0 Å². The van der Waals surface area contributed by atoms with E-state index in [0.717, 1.165) is 19.3 Å². The van der Waals surface area contributed by atoms with Crippen molar-refractivity contribution in [2.45, 2.75) is 44.6 Å². The second kappa shape index (κ2) is 8.00. The van der Waals surface area contributed by atoms with Crippen molar-refractivity contribution in [2.24, 2.45) is 0 Å². The van der Waals surface area contributed by atoms with Crippen LogP contribution in [-0.4, -0.2) is 41.5 Å². The summed E-state index contributed by atoms with van der Waals surface area (Å²) in [5, 5.41) is 7.56. The summed E-state index contributed by atoms with van der Waals surface area (Å²) in [6, 6.07) is 6.84. The van der Waals surface area contributed by atoms with Crippen molar-refractivity contribution in [3.05, 3.63) is 40.7 Å². The highest BCUT2D eigenvalue weighted by molar-refractivity contribution is 7.89. The summed E-state index contributed by atoms with van der Waals surface area (Å²) in [5.74, 6) is -0.301. The van der Waals surface area contributed by atoms with Crippen LogP contribution in [0.2, 0.25) is 5.02 Å². The van der Waals surface area contributed by atoms with Crippen molar-refractivity contribution in [1.82, 2.24) is 14.1 Å². The van der Waals surface area contributed by atoms with E-state index in [1.807, 2.05) is 0 Å². The minimum absolute atomic E-state index is 0.0747. The molecule has 2 heterocycles. The molecule has 1 fully saturated rings. The Morgan fingerprint density at radius 1 is 1.22 bits per heavy atom. The summed E-state index contributed by atoms with van der Waals surface area (Å²) < 4.78 is 29.0. The highest BCUT2D eigenvalue weighted by Gasteiger charge is 2.31. The number of amides is 1. The molecule has 7 nitrogen and oxygen atoms in total. The number of rotatable bonds is 5. The Labute approximate surface area is 164 Å². The zero-order valence-corrected chi connectivity index (χ0v) is 17.0. The highest BCUT2D eigenvalue weighted by atomic mass is 35.5. The Hall–Kier alpha value is -1.90. The molecule has 0 unspecified atom stereocenters. The van der Waals surface area contributed by atoms with Crippen LogP contribution in [0.25, 0.3) is 0 Å². The van der Waals surface area contributed by atoms with E-state index in [1.165, 1.54) is 8.99 Å².